The van der Waals surface area contributed by atoms with Crippen molar-refractivity contribution in [1.29, 1.82) is 0 Å². The maximum Gasteiger partial charge on any atom is 0.0946 e. The van der Waals surface area contributed by atoms with Crippen LogP contribution in [0, 0.1) is 13.8 Å². The van der Waals surface area contributed by atoms with Crippen LogP contribution in [0.25, 0.3) is 0 Å². The molecule has 1 aromatic carbocycles. The van der Waals surface area contributed by atoms with Crippen molar-refractivity contribution >= 4 is 5.69 Å². The highest BCUT2D eigenvalue weighted by atomic mass is 15.0. The molecular weight excluding hydrogens is 198 g/mol. The summed E-state index contributed by atoms with van der Waals surface area (Å²) in [4.78, 5) is 4.10. The van der Waals surface area contributed by atoms with E-state index in [-0.39, 0.29) is 0 Å². The van der Waals surface area contributed by atoms with Crippen molar-refractivity contribution < 1.29 is 0 Å². The van der Waals surface area contributed by atoms with Gasteiger partial charge >= 0.3 is 0 Å². The molecule has 2 aromatic rings. The van der Waals surface area contributed by atoms with Gasteiger partial charge in [-0.05, 0) is 31.0 Å². The van der Waals surface area contributed by atoms with Gasteiger partial charge in [-0.25, -0.2) is 4.98 Å². The van der Waals surface area contributed by atoms with Crippen LogP contribution in [-0.2, 0) is 13.6 Å². The maximum absolute atomic E-state index is 4.10. The zero-order valence-electron chi connectivity index (χ0n) is 9.99. The topological polar surface area (TPSA) is 29.9 Å². The number of hydrogen-bond donors (Lipinski definition) is 1. The second kappa shape index (κ2) is 4.39. The molecule has 1 heterocycles. The first-order chi connectivity index (χ1) is 7.68. The van der Waals surface area contributed by atoms with Crippen LogP contribution in [0.1, 0.15) is 16.8 Å². The molecule has 0 spiro atoms. The first-order valence-corrected chi connectivity index (χ1v) is 5.44. The summed E-state index contributed by atoms with van der Waals surface area (Å²) in [7, 11) is 2.01. The molecule has 0 aliphatic heterocycles. The van der Waals surface area contributed by atoms with Gasteiger partial charge in [-0.15, -0.1) is 0 Å². The van der Waals surface area contributed by atoms with E-state index in [9.17, 15) is 0 Å². The molecule has 0 amide bonds. The number of nitrogens with one attached hydrogen (secondary N) is 1. The van der Waals surface area contributed by atoms with Gasteiger partial charge in [-0.3, -0.25) is 0 Å². The molecule has 0 saturated carbocycles. The Morgan fingerprint density at radius 2 is 2.12 bits per heavy atom. The SMILES string of the molecule is Cc1cccc(NCc2cncn2C)c1C. The molecule has 0 saturated heterocycles. The van der Waals surface area contributed by atoms with Crippen LogP contribution in [0.3, 0.4) is 0 Å². The zero-order chi connectivity index (χ0) is 11.5. The monoisotopic (exact) mass is 215 g/mol. The summed E-state index contributed by atoms with van der Waals surface area (Å²) < 4.78 is 2.03. The van der Waals surface area contributed by atoms with Crippen LogP contribution < -0.4 is 5.32 Å². The van der Waals surface area contributed by atoms with Gasteiger partial charge in [-0.2, -0.15) is 0 Å². The van der Waals surface area contributed by atoms with Crippen molar-refractivity contribution in [2.45, 2.75) is 20.4 Å². The molecule has 1 N–H and O–H groups in total. The first-order valence-electron chi connectivity index (χ1n) is 5.44. The summed E-state index contributed by atoms with van der Waals surface area (Å²) >= 11 is 0. The fourth-order valence-corrected chi connectivity index (χ4v) is 1.68. The van der Waals surface area contributed by atoms with Crippen molar-refractivity contribution in [1.82, 2.24) is 9.55 Å². The van der Waals surface area contributed by atoms with E-state index >= 15 is 0 Å². The zero-order valence-corrected chi connectivity index (χ0v) is 9.99. The highest BCUT2D eigenvalue weighted by Crippen LogP contribution is 2.18. The number of benzene rings is 1. The van der Waals surface area contributed by atoms with Crippen LogP contribution in [-0.4, -0.2) is 9.55 Å². The number of anilines is 1. The Balaban J connectivity index is 2.11. The lowest BCUT2D eigenvalue weighted by molar-refractivity contribution is 0.837. The van der Waals surface area contributed by atoms with E-state index in [4.69, 9.17) is 0 Å². The highest BCUT2D eigenvalue weighted by molar-refractivity contribution is 5.53. The highest BCUT2D eigenvalue weighted by Gasteiger charge is 2.01. The van der Waals surface area contributed by atoms with E-state index in [0.717, 1.165) is 6.54 Å². The number of aromatic nitrogens is 2. The van der Waals surface area contributed by atoms with Crippen LogP contribution in [0.4, 0.5) is 5.69 Å². The van der Waals surface area contributed by atoms with Crippen LogP contribution in [0.15, 0.2) is 30.7 Å². The van der Waals surface area contributed by atoms with Gasteiger partial charge in [0, 0.05) is 18.9 Å². The van der Waals surface area contributed by atoms with Crippen molar-refractivity contribution in [3.63, 3.8) is 0 Å². The molecule has 3 nitrogen and oxygen atoms in total. The van der Waals surface area contributed by atoms with Gasteiger partial charge in [0.2, 0.25) is 0 Å². The number of nitrogens with zero attached hydrogens (tertiary/aromatic N) is 2. The molecule has 0 atom stereocenters. The third-order valence-electron chi connectivity index (χ3n) is 2.98. The minimum Gasteiger partial charge on any atom is -0.379 e. The average Bonchev–Trinajstić information content (AvgIpc) is 2.67. The largest absolute Gasteiger partial charge is 0.379 e. The molecule has 0 aliphatic carbocycles. The van der Waals surface area contributed by atoms with Gasteiger partial charge in [0.05, 0.1) is 18.6 Å². The van der Waals surface area contributed by atoms with Crippen molar-refractivity contribution in [2.75, 3.05) is 5.32 Å². The molecule has 0 fully saturated rings. The molecule has 16 heavy (non-hydrogen) atoms. The van der Waals surface area contributed by atoms with Crippen molar-refractivity contribution in [3.8, 4) is 0 Å². The van der Waals surface area contributed by atoms with E-state index in [1.165, 1.54) is 22.5 Å². The lowest BCUT2D eigenvalue weighted by atomic mass is 10.1. The third kappa shape index (κ3) is 2.08. The van der Waals surface area contributed by atoms with Gasteiger partial charge in [0.15, 0.2) is 0 Å². The Morgan fingerprint density at radius 1 is 1.31 bits per heavy atom. The quantitative estimate of drug-likeness (QED) is 0.853. The number of hydrogen-bond acceptors (Lipinski definition) is 2. The molecule has 84 valence electrons. The van der Waals surface area contributed by atoms with E-state index in [0.29, 0.717) is 0 Å². The standard InChI is InChI=1S/C13H17N3/c1-10-5-4-6-13(11(10)2)15-8-12-7-14-9-16(12)3/h4-7,9,15H,8H2,1-3H3. The van der Waals surface area contributed by atoms with Crippen molar-refractivity contribution in [3.05, 3.63) is 47.5 Å². The Hall–Kier alpha value is -1.77. The van der Waals surface area contributed by atoms with Gasteiger partial charge in [0.1, 0.15) is 0 Å². The van der Waals surface area contributed by atoms with E-state index in [1.807, 2.05) is 24.1 Å². The molecule has 0 bridgehead atoms. The predicted octanol–water partition coefficient (Wildman–Crippen LogP) is 2.65. The van der Waals surface area contributed by atoms with E-state index < -0.39 is 0 Å². The maximum atomic E-state index is 4.10. The molecular formula is C13H17N3. The second-order valence-corrected chi connectivity index (χ2v) is 4.10. The Morgan fingerprint density at radius 3 is 2.81 bits per heavy atom. The number of rotatable bonds is 3. The Bertz CT molecular complexity index is 486. The lowest BCUT2D eigenvalue weighted by Gasteiger charge is -2.11. The number of aryl methyl sites for hydroxylation is 2. The van der Waals surface area contributed by atoms with Crippen LogP contribution >= 0.6 is 0 Å². The molecule has 0 unspecified atom stereocenters. The average molecular weight is 215 g/mol. The minimum absolute atomic E-state index is 0.806. The molecule has 1 aromatic heterocycles. The van der Waals surface area contributed by atoms with Crippen LogP contribution in [0.2, 0.25) is 0 Å². The summed E-state index contributed by atoms with van der Waals surface area (Å²) in [5.74, 6) is 0. The van der Waals surface area contributed by atoms with Gasteiger partial charge in [0.25, 0.3) is 0 Å². The molecule has 3 heteroatoms. The van der Waals surface area contributed by atoms with Crippen LogP contribution in [0.5, 0.6) is 0 Å². The minimum atomic E-state index is 0.806. The fourth-order valence-electron chi connectivity index (χ4n) is 1.68. The summed E-state index contributed by atoms with van der Waals surface area (Å²) in [5, 5.41) is 3.44. The molecule has 2 rings (SSSR count). The smallest absolute Gasteiger partial charge is 0.0946 e. The summed E-state index contributed by atoms with van der Waals surface area (Å²) in [6, 6.07) is 6.32. The summed E-state index contributed by atoms with van der Waals surface area (Å²) in [5.41, 5.74) is 5.00. The Labute approximate surface area is 96.1 Å². The summed E-state index contributed by atoms with van der Waals surface area (Å²) in [6.07, 6.45) is 3.71. The lowest BCUT2D eigenvalue weighted by Crippen LogP contribution is -2.05. The second-order valence-electron chi connectivity index (χ2n) is 4.10. The first kappa shape index (κ1) is 10.7. The van der Waals surface area contributed by atoms with Crippen molar-refractivity contribution in [2.24, 2.45) is 7.05 Å². The molecule has 0 radical (unpaired) electrons. The normalized spacial score (nSPS) is 10.4. The number of imidazole rings is 1. The Kier molecular flexibility index (Phi) is 2.95. The van der Waals surface area contributed by atoms with E-state index in [2.05, 4.69) is 42.3 Å². The van der Waals surface area contributed by atoms with E-state index in [1.54, 1.807) is 0 Å². The summed E-state index contributed by atoms with van der Waals surface area (Å²) in [6.45, 7) is 5.08. The predicted molar refractivity (Wildman–Crippen MR) is 66.5 cm³/mol. The molecule has 0 aliphatic rings. The van der Waals surface area contributed by atoms with Gasteiger partial charge < -0.3 is 9.88 Å². The fraction of sp³-hybridized carbons (Fsp3) is 0.308. The third-order valence-corrected chi connectivity index (χ3v) is 2.98. The van der Waals surface area contributed by atoms with Gasteiger partial charge in [-0.1, -0.05) is 12.1 Å².